The molecule has 150 valence electrons. The van der Waals surface area contributed by atoms with E-state index in [1.807, 2.05) is 25.1 Å². The first-order valence-corrected chi connectivity index (χ1v) is 10.1. The van der Waals surface area contributed by atoms with Crippen LogP contribution in [0.25, 0.3) is 0 Å². The van der Waals surface area contributed by atoms with Gasteiger partial charge in [0.1, 0.15) is 5.25 Å². The molecule has 0 aromatic heterocycles. The summed E-state index contributed by atoms with van der Waals surface area (Å²) in [6, 6.07) is 11.8. The number of nitrogens with one attached hydrogen (secondary N) is 3. The van der Waals surface area contributed by atoms with E-state index in [2.05, 4.69) is 21.2 Å². The predicted octanol–water partition coefficient (Wildman–Crippen LogP) is 3.56. The van der Waals surface area contributed by atoms with Gasteiger partial charge in [-0.05, 0) is 36.8 Å². The van der Waals surface area contributed by atoms with E-state index in [0.717, 1.165) is 17.3 Å². The van der Waals surface area contributed by atoms with Gasteiger partial charge < -0.3 is 10.6 Å². The number of halogens is 2. The fourth-order valence-electron chi connectivity index (χ4n) is 2.51. The normalized spacial score (nSPS) is 17.6. The molecule has 0 bridgehead atoms. The third-order valence-electron chi connectivity index (χ3n) is 4.00. The highest BCUT2D eigenvalue weighted by atomic mass is 35.5. The van der Waals surface area contributed by atoms with Crippen molar-refractivity contribution in [3.8, 4) is 0 Å². The summed E-state index contributed by atoms with van der Waals surface area (Å²) in [7, 11) is 0. The van der Waals surface area contributed by atoms with Crippen LogP contribution < -0.4 is 16.1 Å². The average Bonchev–Trinajstić information content (AvgIpc) is 2.67. The highest BCUT2D eigenvalue weighted by molar-refractivity contribution is 8.15. The summed E-state index contributed by atoms with van der Waals surface area (Å²) in [4.78, 5) is 36.8. The number of thioether (sulfide) groups is 1. The van der Waals surface area contributed by atoms with E-state index in [1.54, 1.807) is 6.07 Å². The molecule has 0 saturated carbocycles. The maximum atomic E-state index is 12.6. The maximum Gasteiger partial charge on any atom is 0.272 e. The largest absolute Gasteiger partial charge is 0.325 e. The van der Waals surface area contributed by atoms with Gasteiger partial charge in [-0.1, -0.05) is 53.2 Å². The lowest BCUT2D eigenvalue weighted by atomic mass is 10.2. The summed E-state index contributed by atoms with van der Waals surface area (Å²) in [5, 5.41) is 9.26. The first-order valence-electron chi connectivity index (χ1n) is 8.49. The van der Waals surface area contributed by atoms with Crippen molar-refractivity contribution >= 4 is 63.5 Å². The van der Waals surface area contributed by atoms with Gasteiger partial charge in [0.15, 0.2) is 5.17 Å². The van der Waals surface area contributed by atoms with Gasteiger partial charge in [0.2, 0.25) is 11.8 Å². The minimum atomic E-state index is -0.682. The Labute approximate surface area is 181 Å². The predicted molar refractivity (Wildman–Crippen MR) is 115 cm³/mol. The van der Waals surface area contributed by atoms with Crippen molar-refractivity contribution < 1.29 is 14.4 Å². The molecule has 2 aromatic rings. The maximum absolute atomic E-state index is 12.6. The Morgan fingerprint density at radius 1 is 1.21 bits per heavy atom. The standard InChI is InChI=1S/C19H16Cl2N4O3S/c1-10-4-2-3-5-14(10)22-18(28)15-9-16(26)23-19(29-15)25-24-17(27)12-7-6-11(20)8-13(12)21/h2-8,15H,9H2,1H3,(H,22,28)(H,24,27)(H,23,25,26). The molecule has 1 fully saturated rings. The number of aryl methyl sites for hydroxylation is 1. The van der Waals surface area contributed by atoms with Crippen molar-refractivity contribution in [3.05, 3.63) is 63.6 Å². The molecule has 10 heteroatoms. The Morgan fingerprint density at radius 2 is 1.97 bits per heavy atom. The molecule has 1 unspecified atom stereocenters. The van der Waals surface area contributed by atoms with Gasteiger partial charge in [0, 0.05) is 17.1 Å². The fourth-order valence-corrected chi connectivity index (χ4v) is 3.94. The van der Waals surface area contributed by atoms with Crippen LogP contribution in [0.5, 0.6) is 0 Å². The molecular formula is C19H16Cl2N4O3S. The molecule has 1 saturated heterocycles. The molecule has 3 N–H and O–H groups in total. The summed E-state index contributed by atoms with van der Waals surface area (Å²) in [5.41, 5.74) is 4.09. The molecule has 1 aliphatic heterocycles. The van der Waals surface area contributed by atoms with Crippen molar-refractivity contribution in [2.45, 2.75) is 18.6 Å². The Hall–Kier alpha value is -2.55. The molecule has 3 amide bonds. The van der Waals surface area contributed by atoms with Crippen LogP contribution in [0.15, 0.2) is 47.6 Å². The lowest BCUT2D eigenvalue weighted by Gasteiger charge is -2.22. The van der Waals surface area contributed by atoms with Gasteiger partial charge in [-0.25, -0.2) is 5.43 Å². The highest BCUT2D eigenvalue weighted by Crippen LogP contribution is 2.24. The number of carbonyl (C=O) groups is 3. The number of hydrogen-bond donors (Lipinski definition) is 3. The van der Waals surface area contributed by atoms with Gasteiger partial charge >= 0.3 is 0 Å². The van der Waals surface area contributed by atoms with Crippen molar-refractivity contribution in [2.24, 2.45) is 5.10 Å². The first kappa shape index (κ1) is 21.2. The van der Waals surface area contributed by atoms with Crippen molar-refractivity contribution in [1.82, 2.24) is 10.7 Å². The number of hydrogen-bond acceptors (Lipinski definition) is 5. The van der Waals surface area contributed by atoms with Crippen molar-refractivity contribution in [2.75, 3.05) is 5.32 Å². The number of para-hydroxylation sites is 1. The zero-order valence-corrected chi connectivity index (χ0v) is 17.5. The van der Waals surface area contributed by atoms with Crippen molar-refractivity contribution in [1.29, 1.82) is 0 Å². The van der Waals surface area contributed by atoms with Crippen LogP contribution in [0.3, 0.4) is 0 Å². The Balaban J connectivity index is 1.67. The molecule has 29 heavy (non-hydrogen) atoms. The fraction of sp³-hybridized carbons (Fsp3) is 0.158. The number of amides is 3. The Bertz CT molecular complexity index is 1010. The SMILES string of the molecule is Cc1ccccc1NC(=O)C1CC(=O)NC(=NNC(=O)c2ccc(Cl)cc2Cl)S1. The summed E-state index contributed by atoms with van der Waals surface area (Å²) < 4.78 is 0. The van der Waals surface area contributed by atoms with E-state index in [9.17, 15) is 14.4 Å². The second-order valence-electron chi connectivity index (χ2n) is 6.15. The molecule has 1 aliphatic rings. The number of benzene rings is 2. The second kappa shape index (κ2) is 9.30. The first-order chi connectivity index (χ1) is 13.8. The summed E-state index contributed by atoms with van der Waals surface area (Å²) in [5.74, 6) is -1.26. The molecule has 1 atom stereocenters. The van der Waals surface area contributed by atoms with Crippen LogP contribution in [0.1, 0.15) is 22.3 Å². The van der Waals surface area contributed by atoms with E-state index < -0.39 is 11.2 Å². The molecule has 1 heterocycles. The van der Waals surface area contributed by atoms with Gasteiger partial charge in [-0.15, -0.1) is 5.10 Å². The Kier molecular flexibility index (Phi) is 6.79. The smallest absolute Gasteiger partial charge is 0.272 e. The van der Waals surface area contributed by atoms with Crippen LogP contribution >= 0.6 is 35.0 Å². The van der Waals surface area contributed by atoms with Crippen LogP contribution in [-0.2, 0) is 9.59 Å². The zero-order chi connectivity index (χ0) is 21.0. The average molecular weight is 451 g/mol. The monoisotopic (exact) mass is 450 g/mol. The minimum Gasteiger partial charge on any atom is -0.325 e. The Morgan fingerprint density at radius 3 is 2.69 bits per heavy atom. The van der Waals surface area contributed by atoms with Crippen LogP contribution in [-0.4, -0.2) is 28.1 Å². The molecule has 3 rings (SSSR count). The topological polar surface area (TPSA) is 99.7 Å². The number of rotatable bonds is 4. The molecule has 0 radical (unpaired) electrons. The van der Waals surface area contributed by atoms with Crippen LogP contribution in [0.2, 0.25) is 10.0 Å². The van der Waals surface area contributed by atoms with E-state index >= 15 is 0 Å². The molecule has 0 spiro atoms. The van der Waals surface area contributed by atoms with Crippen LogP contribution in [0, 0.1) is 6.92 Å². The number of carbonyl (C=O) groups excluding carboxylic acids is 3. The number of hydrazone groups is 1. The summed E-state index contributed by atoms with van der Waals surface area (Å²) in [6.07, 6.45) is -0.00163. The zero-order valence-electron chi connectivity index (χ0n) is 15.2. The van der Waals surface area contributed by atoms with E-state index in [1.165, 1.54) is 18.2 Å². The third-order valence-corrected chi connectivity index (χ3v) is 5.63. The van der Waals surface area contributed by atoms with Gasteiger partial charge in [0.25, 0.3) is 5.91 Å². The summed E-state index contributed by atoms with van der Waals surface area (Å²) >= 11 is 12.9. The van der Waals surface area contributed by atoms with Gasteiger partial charge in [-0.2, -0.15) is 0 Å². The van der Waals surface area contributed by atoms with Gasteiger partial charge in [0.05, 0.1) is 10.6 Å². The number of anilines is 1. The lowest BCUT2D eigenvalue weighted by Crippen LogP contribution is -2.43. The quantitative estimate of drug-likeness (QED) is 0.619. The summed E-state index contributed by atoms with van der Waals surface area (Å²) in [6.45, 7) is 1.88. The van der Waals surface area contributed by atoms with E-state index in [-0.39, 0.29) is 34.0 Å². The molecule has 7 nitrogen and oxygen atoms in total. The second-order valence-corrected chi connectivity index (χ2v) is 8.18. The van der Waals surface area contributed by atoms with E-state index in [4.69, 9.17) is 23.2 Å². The minimum absolute atomic E-state index is 0.00163. The molecular weight excluding hydrogens is 435 g/mol. The molecule has 0 aliphatic carbocycles. The molecule has 2 aromatic carbocycles. The van der Waals surface area contributed by atoms with Gasteiger partial charge in [-0.3, -0.25) is 14.4 Å². The van der Waals surface area contributed by atoms with Crippen molar-refractivity contribution in [3.63, 3.8) is 0 Å². The van der Waals surface area contributed by atoms with E-state index in [0.29, 0.717) is 10.7 Å². The number of amidine groups is 1. The number of nitrogens with zero attached hydrogens (tertiary/aromatic N) is 1. The van der Waals surface area contributed by atoms with Crippen LogP contribution in [0.4, 0.5) is 5.69 Å². The third kappa shape index (κ3) is 5.50. The highest BCUT2D eigenvalue weighted by Gasteiger charge is 2.30. The lowest BCUT2D eigenvalue weighted by molar-refractivity contribution is -0.123.